The van der Waals surface area contributed by atoms with Crippen molar-refractivity contribution in [2.45, 2.75) is 37.8 Å². The fraction of sp³-hybridized carbons (Fsp3) is 0.667. The number of hydrogen-bond donors (Lipinski definition) is 1. The molecule has 6 heteroatoms. The van der Waals surface area contributed by atoms with Gasteiger partial charge in [-0.15, -0.1) is 0 Å². The van der Waals surface area contributed by atoms with Gasteiger partial charge >= 0.3 is 0 Å². The number of piperidine rings is 2. The molecule has 0 atom stereocenters. The molecule has 1 aromatic heterocycles. The fourth-order valence-electron chi connectivity index (χ4n) is 3.33. The Hall–Kier alpha value is -0.910. The average molecular weight is 314 g/mol. The lowest BCUT2D eigenvalue weighted by molar-refractivity contribution is 0.0541. The second-order valence-electron chi connectivity index (χ2n) is 5.94. The zero-order valence-corrected chi connectivity index (χ0v) is 12.8. The largest absolute Gasteiger partial charge is 0.393 e. The molecule has 0 bridgehead atoms. The summed E-state index contributed by atoms with van der Waals surface area (Å²) in [5.74, 6) is 0.0639. The lowest BCUT2D eigenvalue weighted by Gasteiger charge is -2.41. The van der Waals surface area contributed by atoms with Crippen LogP contribution in [0.25, 0.3) is 0 Å². The number of rotatable bonds is 2. The van der Waals surface area contributed by atoms with Crippen LogP contribution >= 0.6 is 11.6 Å². The van der Waals surface area contributed by atoms with Gasteiger partial charge in [0.15, 0.2) is 11.6 Å². The normalized spacial score (nSPS) is 22.7. The highest BCUT2D eigenvalue weighted by molar-refractivity contribution is 6.30. The Bertz CT molecular complexity index is 486. The summed E-state index contributed by atoms with van der Waals surface area (Å²) >= 11 is 5.74. The molecule has 0 amide bonds. The highest BCUT2D eigenvalue weighted by Gasteiger charge is 2.28. The van der Waals surface area contributed by atoms with E-state index in [9.17, 15) is 9.50 Å². The molecule has 0 radical (unpaired) electrons. The first-order chi connectivity index (χ1) is 10.1. The molecule has 2 saturated heterocycles. The molecule has 1 N–H and O–H groups in total. The van der Waals surface area contributed by atoms with Crippen LogP contribution in [0.4, 0.5) is 10.2 Å². The third-order valence-electron chi connectivity index (χ3n) is 4.57. The first-order valence-corrected chi connectivity index (χ1v) is 7.99. The van der Waals surface area contributed by atoms with E-state index in [1.165, 1.54) is 12.3 Å². The number of hydrogen-bond acceptors (Lipinski definition) is 4. The Morgan fingerprint density at radius 3 is 2.43 bits per heavy atom. The number of aromatic nitrogens is 1. The number of anilines is 1. The zero-order chi connectivity index (χ0) is 14.8. The van der Waals surface area contributed by atoms with Gasteiger partial charge in [-0.3, -0.25) is 0 Å². The van der Waals surface area contributed by atoms with Gasteiger partial charge in [-0.2, -0.15) is 0 Å². The number of pyridine rings is 1. The summed E-state index contributed by atoms with van der Waals surface area (Å²) in [6, 6.07) is 1.87. The summed E-state index contributed by atoms with van der Waals surface area (Å²) in [5, 5.41) is 9.90. The fourth-order valence-corrected chi connectivity index (χ4v) is 3.48. The van der Waals surface area contributed by atoms with Crippen LogP contribution in [0.5, 0.6) is 0 Å². The summed E-state index contributed by atoms with van der Waals surface area (Å²) in [4.78, 5) is 8.59. The van der Waals surface area contributed by atoms with Crippen molar-refractivity contribution in [3.05, 3.63) is 23.1 Å². The molecule has 0 aromatic carbocycles. The summed E-state index contributed by atoms with van der Waals surface area (Å²) in [5.41, 5.74) is 0. The highest BCUT2D eigenvalue weighted by Crippen LogP contribution is 2.26. The van der Waals surface area contributed by atoms with E-state index < -0.39 is 0 Å². The molecule has 0 aliphatic carbocycles. The van der Waals surface area contributed by atoms with Crippen LogP contribution in [0.3, 0.4) is 0 Å². The van der Waals surface area contributed by atoms with Gasteiger partial charge in [0.2, 0.25) is 0 Å². The zero-order valence-electron chi connectivity index (χ0n) is 12.0. The average Bonchev–Trinajstić information content (AvgIpc) is 2.48. The maximum Gasteiger partial charge on any atom is 0.167 e. The summed E-state index contributed by atoms with van der Waals surface area (Å²) in [6.45, 7) is 3.57. The number of nitrogens with zero attached hydrogens (tertiary/aromatic N) is 3. The van der Waals surface area contributed by atoms with Crippen LogP contribution in [-0.4, -0.2) is 53.3 Å². The van der Waals surface area contributed by atoms with Gasteiger partial charge in [-0.1, -0.05) is 11.6 Å². The SMILES string of the molecule is OC1CCN(C2CCN(c3ncc(Cl)cc3F)CC2)CC1. The van der Waals surface area contributed by atoms with Crippen LogP contribution in [0, 0.1) is 5.82 Å². The maximum absolute atomic E-state index is 13.9. The van der Waals surface area contributed by atoms with E-state index >= 15 is 0 Å². The van der Waals surface area contributed by atoms with E-state index in [2.05, 4.69) is 9.88 Å². The minimum Gasteiger partial charge on any atom is -0.393 e. The van der Waals surface area contributed by atoms with E-state index in [4.69, 9.17) is 11.6 Å². The van der Waals surface area contributed by atoms with E-state index in [1.54, 1.807) is 0 Å². The number of aliphatic hydroxyl groups is 1. The number of aliphatic hydroxyl groups excluding tert-OH is 1. The molecule has 4 nitrogen and oxygen atoms in total. The van der Waals surface area contributed by atoms with Gasteiger partial charge in [-0.25, -0.2) is 9.37 Å². The molecule has 0 saturated carbocycles. The highest BCUT2D eigenvalue weighted by atomic mass is 35.5. The predicted octanol–water partition coefficient (Wildman–Crippen LogP) is 2.30. The Morgan fingerprint density at radius 1 is 1.14 bits per heavy atom. The Kier molecular flexibility index (Phi) is 4.62. The lowest BCUT2D eigenvalue weighted by atomic mass is 9.99. The Morgan fingerprint density at radius 2 is 1.81 bits per heavy atom. The van der Waals surface area contributed by atoms with Crippen molar-refractivity contribution in [1.82, 2.24) is 9.88 Å². The summed E-state index contributed by atoms with van der Waals surface area (Å²) < 4.78 is 13.9. The molecule has 0 unspecified atom stereocenters. The molecule has 2 aliphatic rings. The molecule has 1 aromatic rings. The van der Waals surface area contributed by atoms with E-state index in [-0.39, 0.29) is 11.9 Å². The van der Waals surface area contributed by atoms with Crippen molar-refractivity contribution in [1.29, 1.82) is 0 Å². The summed E-state index contributed by atoms with van der Waals surface area (Å²) in [6.07, 6.45) is 5.13. The quantitative estimate of drug-likeness (QED) is 0.909. The first-order valence-electron chi connectivity index (χ1n) is 7.61. The monoisotopic (exact) mass is 313 g/mol. The molecule has 2 aliphatic heterocycles. The van der Waals surface area contributed by atoms with Gasteiger partial charge in [0.25, 0.3) is 0 Å². The molecule has 21 heavy (non-hydrogen) atoms. The van der Waals surface area contributed by atoms with Gasteiger partial charge in [-0.05, 0) is 31.7 Å². The summed E-state index contributed by atoms with van der Waals surface area (Å²) in [7, 11) is 0. The number of halogens is 2. The smallest absolute Gasteiger partial charge is 0.167 e. The third kappa shape index (κ3) is 3.47. The van der Waals surface area contributed by atoms with E-state index in [1.807, 2.05) is 4.90 Å². The molecular formula is C15H21ClFN3O. The molecular weight excluding hydrogens is 293 g/mol. The predicted molar refractivity (Wildman–Crippen MR) is 81.3 cm³/mol. The molecule has 3 heterocycles. The second kappa shape index (κ2) is 6.46. The Labute approximate surface area is 129 Å². The second-order valence-corrected chi connectivity index (χ2v) is 6.38. The maximum atomic E-state index is 13.9. The van der Waals surface area contributed by atoms with Crippen molar-refractivity contribution < 1.29 is 9.50 Å². The van der Waals surface area contributed by atoms with E-state index in [0.717, 1.165) is 51.9 Å². The minimum absolute atomic E-state index is 0.131. The van der Waals surface area contributed by atoms with Crippen LogP contribution < -0.4 is 4.90 Å². The van der Waals surface area contributed by atoms with Crippen molar-refractivity contribution in [3.63, 3.8) is 0 Å². The van der Waals surface area contributed by atoms with Gasteiger partial charge in [0.05, 0.1) is 11.1 Å². The first kappa shape index (κ1) is 15.0. The van der Waals surface area contributed by atoms with Gasteiger partial charge in [0.1, 0.15) is 0 Å². The minimum atomic E-state index is -0.345. The van der Waals surface area contributed by atoms with Crippen molar-refractivity contribution >= 4 is 17.4 Å². The topological polar surface area (TPSA) is 39.6 Å². The molecule has 116 valence electrons. The molecule has 2 fully saturated rings. The van der Waals surface area contributed by atoms with E-state index in [0.29, 0.717) is 16.9 Å². The van der Waals surface area contributed by atoms with Crippen molar-refractivity contribution in [3.8, 4) is 0 Å². The third-order valence-corrected chi connectivity index (χ3v) is 4.77. The van der Waals surface area contributed by atoms with Gasteiger partial charge in [0, 0.05) is 38.4 Å². The molecule has 3 rings (SSSR count). The number of likely N-dealkylation sites (tertiary alicyclic amines) is 1. The lowest BCUT2D eigenvalue weighted by Crippen LogP contribution is -2.48. The Balaban J connectivity index is 1.57. The van der Waals surface area contributed by atoms with Crippen LogP contribution in [-0.2, 0) is 0 Å². The van der Waals surface area contributed by atoms with Gasteiger partial charge < -0.3 is 14.9 Å². The van der Waals surface area contributed by atoms with Crippen LogP contribution in [0.15, 0.2) is 12.3 Å². The van der Waals surface area contributed by atoms with Crippen LogP contribution in [0.2, 0.25) is 5.02 Å². The molecule has 0 spiro atoms. The van der Waals surface area contributed by atoms with Crippen LogP contribution in [0.1, 0.15) is 25.7 Å². The standard InChI is InChI=1S/C15H21ClFN3O/c16-11-9-14(17)15(18-10-11)20-5-1-12(2-6-20)19-7-3-13(21)4-8-19/h9-10,12-13,21H,1-8H2. The van der Waals surface area contributed by atoms with Crippen molar-refractivity contribution in [2.24, 2.45) is 0 Å². The van der Waals surface area contributed by atoms with Crippen molar-refractivity contribution in [2.75, 3.05) is 31.1 Å².